The van der Waals surface area contributed by atoms with Crippen molar-refractivity contribution in [2.75, 3.05) is 31.9 Å². The molecule has 2 amide bonds. The Bertz CT molecular complexity index is 1190. The second-order valence-electron chi connectivity index (χ2n) is 8.12. The van der Waals surface area contributed by atoms with E-state index in [9.17, 15) is 19.7 Å². The Hall–Kier alpha value is -3.73. The Morgan fingerprint density at radius 1 is 0.971 bits per heavy atom. The number of rotatable bonds is 8. The zero-order valence-corrected chi connectivity index (χ0v) is 20.2. The zero-order valence-electron chi connectivity index (χ0n) is 19.4. The van der Waals surface area contributed by atoms with Gasteiger partial charge in [0.2, 0.25) is 11.8 Å². The number of carbonyl (C=O) groups is 2. The molecule has 0 N–H and O–H groups in total. The third-order valence-corrected chi connectivity index (χ3v) is 6.84. The van der Waals surface area contributed by atoms with Crippen LogP contribution in [0.2, 0.25) is 0 Å². The van der Waals surface area contributed by atoms with Crippen LogP contribution in [0.5, 0.6) is 0 Å². The summed E-state index contributed by atoms with van der Waals surface area (Å²) in [6.45, 7) is 3.87. The molecular formula is C24H26N6O4S. The van der Waals surface area contributed by atoms with Crippen LogP contribution in [0.1, 0.15) is 19.8 Å². The van der Waals surface area contributed by atoms with Gasteiger partial charge >= 0.3 is 0 Å². The molecule has 11 heteroatoms. The summed E-state index contributed by atoms with van der Waals surface area (Å²) >= 11 is 1.52. The SMILES string of the molecule is CC(=O)N1CCN(C(=O)CCCSc2nnc(-c3ccc([N+](=O)[O-])cc3)n2-c2ccccc2)CC1. The van der Waals surface area contributed by atoms with E-state index < -0.39 is 4.92 Å². The molecule has 0 atom stereocenters. The number of amides is 2. The van der Waals surface area contributed by atoms with E-state index in [4.69, 9.17) is 0 Å². The van der Waals surface area contributed by atoms with Crippen molar-refractivity contribution in [3.63, 3.8) is 0 Å². The topological polar surface area (TPSA) is 114 Å². The van der Waals surface area contributed by atoms with Gasteiger partial charge in [-0.3, -0.25) is 24.3 Å². The molecule has 1 aromatic heterocycles. The minimum absolute atomic E-state index is 0.0153. The summed E-state index contributed by atoms with van der Waals surface area (Å²) in [5, 5.41) is 20.4. The van der Waals surface area contributed by atoms with E-state index in [2.05, 4.69) is 10.2 Å². The standard InChI is InChI=1S/C24H26N6O4S/c1-18(31)27-13-15-28(16-14-27)22(32)8-5-17-35-24-26-25-23(29(24)20-6-3-2-4-7-20)19-9-11-21(12-10-19)30(33)34/h2-4,6-7,9-12H,5,8,13-17H2,1H3. The molecule has 1 fully saturated rings. The van der Waals surface area contributed by atoms with Crippen LogP contribution in [-0.4, -0.2) is 73.2 Å². The van der Waals surface area contributed by atoms with Crippen molar-refractivity contribution in [2.24, 2.45) is 0 Å². The van der Waals surface area contributed by atoms with Crippen LogP contribution in [0.25, 0.3) is 17.1 Å². The summed E-state index contributed by atoms with van der Waals surface area (Å²) in [6.07, 6.45) is 1.12. The molecule has 2 aromatic carbocycles. The molecule has 4 rings (SSSR count). The Morgan fingerprint density at radius 2 is 1.63 bits per heavy atom. The molecule has 1 saturated heterocycles. The Balaban J connectivity index is 1.41. The first kappa shape index (κ1) is 24.4. The first-order valence-corrected chi connectivity index (χ1v) is 12.3. The molecule has 3 aromatic rings. The van der Waals surface area contributed by atoms with Crippen molar-refractivity contribution in [3.8, 4) is 17.1 Å². The third-order valence-electron chi connectivity index (χ3n) is 5.83. The molecule has 1 aliphatic rings. The fourth-order valence-corrected chi connectivity index (χ4v) is 4.80. The highest BCUT2D eigenvalue weighted by atomic mass is 32.2. The summed E-state index contributed by atoms with van der Waals surface area (Å²) < 4.78 is 1.93. The molecule has 35 heavy (non-hydrogen) atoms. The maximum Gasteiger partial charge on any atom is 0.269 e. The minimum atomic E-state index is -0.433. The number of piperazine rings is 1. The molecule has 182 valence electrons. The number of nitro groups is 1. The minimum Gasteiger partial charge on any atom is -0.339 e. The van der Waals surface area contributed by atoms with Crippen LogP contribution in [-0.2, 0) is 9.59 Å². The van der Waals surface area contributed by atoms with Crippen LogP contribution in [0.15, 0.2) is 59.8 Å². The van der Waals surface area contributed by atoms with Gasteiger partial charge < -0.3 is 9.80 Å². The molecule has 1 aliphatic heterocycles. The molecule has 10 nitrogen and oxygen atoms in total. The number of nitro benzene ring substituents is 1. The maximum atomic E-state index is 12.6. The first-order valence-electron chi connectivity index (χ1n) is 11.4. The van der Waals surface area contributed by atoms with Crippen molar-refractivity contribution in [2.45, 2.75) is 24.9 Å². The number of non-ortho nitro benzene ring substituents is 1. The van der Waals surface area contributed by atoms with Crippen molar-refractivity contribution in [3.05, 3.63) is 64.7 Å². The molecule has 0 spiro atoms. The van der Waals surface area contributed by atoms with E-state index in [0.717, 1.165) is 11.3 Å². The highest BCUT2D eigenvalue weighted by Crippen LogP contribution is 2.29. The van der Waals surface area contributed by atoms with Crippen LogP contribution in [0, 0.1) is 10.1 Å². The van der Waals surface area contributed by atoms with Gasteiger partial charge in [-0.25, -0.2) is 0 Å². The van der Waals surface area contributed by atoms with Gasteiger partial charge in [0, 0.05) is 68.7 Å². The Labute approximate surface area is 207 Å². The molecule has 0 radical (unpaired) electrons. The number of aromatic nitrogens is 3. The number of para-hydroxylation sites is 1. The van der Waals surface area contributed by atoms with E-state index in [1.165, 1.54) is 23.9 Å². The van der Waals surface area contributed by atoms with Gasteiger partial charge in [-0.15, -0.1) is 10.2 Å². The van der Waals surface area contributed by atoms with Gasteiger partial charge in [-0.2, -0.15) is 0 Å². The number of carbonyl (C=O) groups excluding carboxylic acids is 2. The number of benzene rings is 2. The van der Waals surface area contributed by atoms with E-state index >= 15 is 0 Å². The summed E-state index contributed by atoms with van der Waals surface area (Å²) in [4.78, 5) is 38.2. The molecule has 0 aliphatic carbocycles. The highest BCUT2D eigenvalue weighted by Gasteiger charge is 2.22. The fourth-order valence-electron chi connectivity index (χ4n) is 3.91. The van der Waals surface area contributed by atoms with Crippen molar-refractivity contribution < 1.29 is 14.5 Å². The van der Waals surface area contributed by atoms with Crippen molar-refractivity contribution in [1.82, 2.24) is 24.6 Å². The normalized spacial score (nSPS) is 13.6. The summed E-state index contributed by atoms with van der Waals surface area (Å²) in [5.41, 5.74) is 1.62. The van der Waals surface area contributed by atoms with Crippen LogP contribution in [0.4, 0.5) is 5.69 Å². The lowest BCUT2D eigenvalue weighted by Crippen LogP contribution is -2.50. The summed E-state index contributed by atoms with van der Waals surface area (Å²) in [6, 6.07) is 15.9. The van der Waals surface area contributed by atoms with Crippen LogP contribution >= 0.6 is 11.8 Å². The second kappa shape index (κ2) is 11.1. The van der Waals surface area contributed by atoms with E-state index in [-0.39, 0.29) is 17.5 Å². The number of thioether (sulfide) groups is 1. The van der Waals surface area contributed by atoms with E-state index in [0.29, 0.717) is 55.8 Å². The zero-order chi connectivity index (χ0) is 24.8. The largest absolute Gasteiger partial charge is 0.339 e. The van der Waals surface area contributed by atoms with Gasteiger partial charge in [0.15, 0.2) is 11.0 Å². The lowest BCUT2D eigenvalue weighted by atomic mass is 10.2. The average molecular weight is 495 g/mol. The first-order chi connectivity index (χ1) is 16.9. The fraction of sp³-hybridized carbons (Fsp3) is 0.333. The second-order valence-corrected chi connectivity index (χ2v) is 9.18. The number of nitrogens with zero attached hydrogens (tertiary/aromatic N) is 6. The van der Waals surface area contributed by atoms with Gasteiger partial charge in [0.25, 0.3) is 5.69 Å². The molecule has 0 unspecified atom stereocenters. The lowest BCUT2D eigenvalue weighted by Gasteiger charge is -2.34. The van der Waals surface area contributed by atoms with Crippen LogP contribution < -0.4 is 0 Å². The van der Waals surface area contributed by atoms with Crippen LogP contribution in [0.3, 0.4) is 0 Å². The van der Waals surface area contributed by atoms with Gasteiger partial charge in [-0.05, 0) is 30.7 Å². The average Bonchev–Trinajstić information content (AvgIpc) is 3.31. The van der Waals surface area contributed by atoms with Crippen molar-refractivity contribution in [1.29, 1.82) is 0 Å². The smallest absolute Gasteiger partial charge is 0.269 e. The molecule has 0 bridgehead atoms. The number of hydrogen-bond donors (Lipinski definition) is 0. The molecule has 0 saturated carbocycles. The highest BCUT2D eigenvalue weighted by molar-refractivity contribution is 7.99. The molecule has 2 heterocycles. The lowest BCUT2D eigenvalue weighted by molar-refractivity contribution is -0.384. The quantitative estimate of drug-likeness (QED) is 0.204. The van der Waals surface area contributed by atoms with E-state index in [1.807, 2.05) is 39.8 Å². The van der Waals surface area contributed by atoms with Crippen molar-refractivity contribution >= 4 is 29.3 Å². The summed E-state index contributed by atoms with van der Waals surface area (Å²) in [7, 11) is 0. The Kier molecular flexibility index (Phi) is 7.76. The third kappa shape index (κ3) is 5.86. The Morgan fingerprint density at radius 3 is 2.26 bits per heavy atom. The van der Waals surface area contributed by atoms with Gasteiger partial charge in [0.05, 0.1) is 4.92 Å². The van der Waals surface area contributed by atoms with Gasteiger partial charge in [-0.1, -0.05) is 30.0 Å². The monoisotopic (exact) mass is 494 g/mol. The number of hydrogen-bond acceptors (Lipinski definition) is 7. The molecular weight excluding hydrogens is 468 g/mol. The van der Waals surface area contributed by atoms with E-state index in [1.54, 1.807) is 24.0 Å². The predicted octanol–water partition coefficient (Wildman–Crippen LogP) is 3.41. The predicted molar refractivity (Wildman–Crippen MR) is 132 cm³/mol. The maximum absolute atomic E-state index is 12.6. The summed E-state index contributed by atoms with van der Waals surface area (Å²) in [5.74, 6) is 1.42. The van der Waals surface area contributed by atoms with Gasteiger partial charge in [0.1, 0.15) is 0 Å².